The van der Waals surface area contributed by atoms with E-state index < -0.39 is 16.9 Å². The average Bonchev–Trinajstić information content (AvgIpc) is 3.16. The van der Waals surface area contributed by atoms with Gasteiger partial charge in [0.2, 0.25) is 0 Å². The average molecular weight is 463 g/mol. The van der Waals surface area contributed by atoms with Gasteiger partial charge in [-0.2, -0.15) is 0 Å². The van der Waals surface area contributed by atoms with Gasteiger partial charge in [-0.25, -0.2) is 0 Å². The Hall–Kier alpha value is -3.60. The van der Waals surface area contributed by atoms with Crippen LogP contribution in [-0.4, -0.2) is 33.0 Å². The topological polar surface area (TPSA) is 88.7 Å². The summed E-state index contributed by atoms with van der Waals surface area (Å²) in [6.45, 7) is 2.93. The summed E-state index contributed by atoms with van der Waals surface area (Å²) in [6, 6.07) is 13.3. The van der Waals surface area contributed by atoms with Crippen LogP contribution >= 0.6 is 0 Å². The molecule has 0 spiro atoms. The maximum Gasteiger partial charge on any atom is 0.573 e. The molecule has 0 amide bonds. The summed E-state index contributed by atoms with van der Waals surface area (Å²) in [5, 5.41) is 10.9. The highest BCUT2D eigenvalue weighted by molar-refractivity contribution is 5.64. The van der Waals surface area contributed by atoms with Crippen LogP contribution in [-0.2, 0) is 17.9 Å². The SMILES string of the molecule is CC1(COCc2cccc(-c3ccc(OC(F)(F)F)cc3)c2)CCn2cc([N+](=O)[O-])nc2O1. The molecule has 11 heteroatoms. The van der Waals surface area contributed by atoms with Gasteiger partial charge >= 0.3 is 18.2 Å². The summed E-state index contributed by atoms with van der Waals surface area (Å²) >= 11 is 0. The van der Waals surface area contributed by atoms with Crippen molar-refractivity contribution in [3.05, 3.63) is 70.4 Å². The molecule has 1 aromatic heterocycles. The third-order valence-corrected chi connectivity index (χ3v) is 5.16. The molecule has 1 aliphatic rings. The van der Waals surface area contributed by atoms with Gasteiger partial charge in [-0.1, -0.05) is 30.3 Å². The van der Waals surface area contributed by atoms with E-state index in [4.69, 9.17) is 9.47 Å². The van der Waals surface area contributed by atoms with E-state index in [1.165, 1.54) is 18.3 Å². The molecule has 0 saturated carbocycles. The molecule has 3 aromatic rings. The third kappa shape index (κ3) is 5.61. The number of benzene rings is 2. The van der Waals surface area contributed by atoms with Crippen molar-refractivity contribution in [1.82, 2.24) is 9.55 Å². The second kappa shape index (κ2) is 8.74. The second-order valence-corrected chi connectivity index (χ2v) is 7.90. The molecule has 8 nitrogen and oxygen atoms in total. The van der Waals surface area contributed by atoms with Crippen molar-refractivity contribution in [1.29, 1.82) is 0 Å². The molecule has 2 heterocycles. The van der Waals surface area contributed by atoms with Crippen molar-refractivity contribution in [2.24, 2.45) is 0 Å². The molecule has 2 aromatic carbocycles. The lowest BCUT2D eigenvalue weighted by Crippen LogP contribution is -2.42. The summed E-state index contributed by atoms with van der Waals surface area (Å²) in [7, 11) is 0. The van der Waals surface area contributed by atoms with E-state index in [1.54, 1.807) is 16.7 Å². The van der Waals surface area contributed by atoms with Crippen LogP contribution in [0.3, 0.4) is 0 Å². The fraction of sp³-hybridized carbons (Fsp3) is 0.318. The Kier molecular flexibility index (Phi) is 5.98. The van der Waals surface area contributed by atoms with Crippen LogP contribution in [0, 0.1) is 10.1 Å². The predicted molar refractivity (Wildman–Crippen MR) is 111 cm³/mol. The molecule has 0 aliphatic carbocycles. The molecule has 1 atom stereocenters. The van der Waals surface area contributed by atoms with Gasteiger partial charge in [0.25, 0.3) is 0 Å². The van der Waals surface area contributed by atoms with Gasteiger partial charge in [-0.05, 0) is 46.7 Å². The van der Waals surface area contributed by atoms with Gasteiger partial charge in [-0.15, -0.1) is 13.2 Å². The van der Waals surface area contributed by atoms with E-state index in [9.17, 15) is 23.3 Å². The quantitative estimate of drug-likeness (QED) is 0.357. The highest BCUT2D eigenvalue weighted by Crippen LogP contribution is 2.31. The molecule has 33 heavy (non-hydrogen) atoms. The number of nitro groups is 1. The van der Waals surface area contributed by atoms with Crippen LogP contribution in [0.25, 0.3) is 11.1 Å². The van der Waals surface area contributed by atoms with Crippen LogP contribution in [0.2, 0.25) is 0 Å². The van der Waals surface area contributed by atoms with Gasteiger partial charge in [0.1, 0.15) is 17.5 Å². The highest BCUT2D eigenvalue weighted by Gasteiger charge is 2.37. The maximum absolute atomic E-state index is 12.3. The molecular formula is C22H20F3N3O5. The minimum Gasteiger partial charge on any atom is -0.437 e. The monoisotopic (exact) mass is 463 g/mol. The first-order valence-corrected chi connectivity index (χ1v) is 10.0. The number of aryl methyl sites for hydroxylation is 1. The van der Waals surface area contributed by atoms with E-state index in [1.807, 2.05) is 31.2 Å². The zero-order valence-electron chi connectivity index (χ0n) is 17.5. The van der Waals surface area contributed by atoms with Crippen molar-refractivity contribution >= 4 is 5.82 Å². The Morgan fingerprint density at radius 2 is 1.97 bits per heavy atom. The van der Waals surface area contributed by atoms with Crippen molar-refractivity contribution in [2.75, 3.05) is 6.61 Å². The van der Waals surface area contributed by atoms with E-state index >= 15 is 0 Å². The maximum atomic E-state index is 12.3. The molecule has 174 valence electrons. The van der Waals surface area contributed by atoms with Gasteiger partial charge in [0.05, 0.1) is 13.2 Å². The Bertz CT molecular complexity index is 1150. The zero-order chi connectivity index (χ0) is 23.6. The Morgan fingerprint density at radius 1 is 1.21 bits per heavy atom. The number of imidazole rings is 1. The largest absolute Gasteiger partial charge is 0.573 e. The number of hydrogen-bond acceptors (Lipinski definition) is 6. The zero-order valence-corrected chi connectivity index (χ0v) is 17.5. The molecule has 0 radical (unpaired) electrons. The first kappa shape index (κ1) is 22.6. The Labute approximate surface area is 186 Å². The van der Waals surface area contributed by atoms with Crippen molar-refractivity contribution < 1.29 is 32.3 Å². The second-order valence-electron chi connectivity index (χ2n) is 7.90. The summed E-state index contributed by atoms with van der Waals surface area (Å²) in [5.74, 6) is -0.539. The number of rotatable bonds is 7. The van der Waals surface area contributed by atoms with Gasteiger partial charge in [0.15, 0.2) is 0 Å². The number of alkyl halides is 3. The Morgan fingerprint density at radius 3 is 2.67 bits per heavy atom. The molecule has 0 N–H and O–H groups in total. The van der Waals surface area contributed by atoms with Crippen LogP contribution < -0.4 is 9.47 Å². The van der Waals surface area contributed by atoms with E-state index in [2.05, 4.69) is 9.72 Å². The minimum atomic E-state index is -4.73. The fourth-order valence-corrected chi connectivity index (χ4v) is 3.52. The first-order chi connectivity index (χ1) is 15.6. The van der Waals surface area contributed by atoms with E-state index in [-0.39, 0.29) is 30.8 Å². The van der Waals surface area contributed by atoms with Crippen molar-refractivity contribution in [3.8, 4) is 22.9 Å². The van der Waals surface area contributed by atoms with E-state index in [0.29, 0.717) is 13.0 Å². The van der Waals surface area contributed by atoms with Crippen LogP contribution in [0.5, 0.6) is 11.8 Å². The first-order valence-electron chi connectivity index (χ1n) is 10.0. The molecular weight excluding hydrogens is 443 g/mol. The predicted octanol–water partition coefficient (Wildman–Crippen LogP) is 5.11. The molecule has 0 fully saturated rings. The van der Waals surface area contributed by atoms with Crippen LogP contribution in [0.1, 0.15) is 18.9 Å². The van der Waals surface area contributed by atoms with Crippen LogP contribution in [0.4, 0.5) is 19.0 Å². The van der Waals surface area contributed by atoms with Crippen molar-refractivity contribution in [3.63, 3.8) is 0 Å². The summed E-state index contributed by atoms with van der Waals surface area (Å²) in [4.78, 5) is 14.2. The third-order valence-electron chi connectivity index (χ3n) is 5.16. The minimum absolute atomic E-state index is 0.194. The summed E-state index contributed by atoms with van der Waals surface area (Å²) < 4.78 is 54.2. The van der Waals surface area contributed by atoms with Crippen LogP contribution in [0.15, 0.2) is 54.7 Å². The number of nitrogens with zero attached hydrogens (tertiary/aromatic N) is 3. The van der Waals surface area contributed by atoms with Gasteiger partial charge in [-0.3, -0.25) is 4.57 Å². The molecule has 0 bridgehead atoms. The molecule has 1 aliphatic heterocycles. The molecule has 4 rings (SSSR count). The Balaban J connectivity index is 1.36. The highest BCUT2D eigenvalue weighted by atomic mass is 19.4. The lowest BCUT2D eigenvalue weighted by atomic mass is 10.0. The number of halogens is 3. The standard InChI is InChI=1S/C22H20F3N3O5/c1-21(9-10-27-12-19(28(29)30)26-20(27)33-21)14-31-13-15-3-2-4-17(11-15)16-5-7-18(8-6-16)32-22(23,24)25/h2-8,11-12H,9-10,13-14H2,1H3. The van der Waals surface area contributed by atoms with Gasteiger partial charge in [0, 0.05) is 17.9 Å². The molecule has 0 saturated heterocycles. The van der Waals surface area contributed by atoms with Crippen molar-refractivity contribution in [2.45, 2.75) is 38.5 Å². The number of ether oxygens (including phenoxy) is 3. The lowest BCUT2D eigenvalue weighted by Gasteiger charge is -2.32. The number of fused-ring (bicyclic) bond motifs is 1. The van der Waals surface area contributed by atoms with Gasteiger partial charge < -0.3 is 24.3 Å². The normalized spacial score (nSPS) is 17.8. The van der Waals surface area contributed by atoms with E-state index in [0.717, 1.165) is 16.7 Å². The smallest absolute Gasteiger partial charge is 0.437 e. The lowest BCUT2D eigenvalue weighted by molar-refractivity contribution is -0.389. The summed E-state index contributed by atoms with van der Waals surface area (Å²) in [6.07, 6.45) is -2.78. The number of aromatic nitrogens is 2. The number of hydrogen-bond donors (Lipinski definition) is 0. The summed E-state index contributed by atoms with van der Waals surface area (Å²) in [5.41, 5.74) is 1.76. The molecule has 1 unspecified atom stereocenters. The fourth-order valence-electron chi connectivity index (χ4n) is 3.52.